The van der Waals surface area contributed by atoms with E-state index in [0.29, 0.717) is 0 Å². The fourth-order valence-electron chi connectivity index (χ4n) is 0.116. The van der Waals surface area contributed by atoms with Crippen molar-refractivity contribution in [1.29, 1.82) is 0 Å². The molecule has 6 N–H and O–H groups in total. The zero-order chi connectivity index (χ0) is 8.41. The van der Waals surface area contributed by atoms with Gasteiger partial charge >= 0.3 is 0 Å². The van der Waals surface area contributed by atoms with Crippen LogP contribution in [0.25, 0.3) is 0 Å². The molecule has 0 aromatic heterocycles. The van der Waals surface area contributed by atoms with Crippen molar-refractivity contribution in [3.8, 4) is 0 Å². The molecule has 0 amide bonds. The molecule has 10 heavy (non-hydrogen) atoms. The van der Waals surface area contributed by atoms with Gasteiger partial charge in [-0.15, -0.1) is 9.66 Å². The normalized spacial score (nSPS) is 13.4. The van der Waals surface area contributed by atoms with Gasteiger partial charge in [0.1, 0.15) is 0 Å². The van der Waals surface area contributed by atoms with Crippen molar-refractivity contribution in [1.82, 2.24) is 9.66 Å². The second-order valence-corrected chi connectivity index (χ2v) is 3.88. The van der Waals surface area contributed by atoms with Crippen LogP contribution < -0.4 is 19.9 Å². The lowest BCUT2D eigenvalue weighted by atomic mass is 13.0. The summed E-state index contributed by atoms with van der Waals surface area (Å²) in [7, 11) is -8.16. The third kappa shape index (κ3) is 7.74. The molecule has 0 rings (SSSR count). The van der Waals surface area contributed by atoms with Gasteiger partial charge in [0.05, 0.1) is 0 Å². The van der Waals surface area contributed by atoms with Crippen molar-refractivity contribution in [2.75, 3.05) is 0 Å². The van der Waals surface area contributed by atoms with Crippen LogP contribution in [-0.2, 0) is 20.4 Å². The Kier molecular flexibility index (Phi) is 2.70. The summed E-state index contributed by atoms with van der Waals surface area (Å²) in [5.41, 5.74) is 0. The van der Waals surface area contributed by atoms with E-state index in [1.165, 1.54) is 9.66 Å². The second-order valence-electron chi connectivity index (χ2n) is 1.29. The zero-order valence-electron chi connectivity index (χ0n) is 4.60. The number of nitrogens with two attached hydrogens (primary N) is 2. The SMILES string of the molecule is NS(=O)(=O)NNS(N)(=O)=O. The molecule has 0 aromatic rings. The summed E-state index contributed by atoms with van der Waals surface area (Å²) < 4.78 is 39.8. The van der Waals surface area contributed by atoms with E-state index in [1.807, 2.05) is 0 Å². The highest BCUT2D eigenvalue weighted by Crippen LogP contribution is 1.64. The van der Waals surface area contributed by atoms with Crippen LogP contribution in [0.4, 0.5) is 0 Å². The Bertz CT molecular complexity index is 251. The van der Waals surface area contributed by atoms with E-state index in [1.54, 1.807) is 0 Å². The maximum atomic E-state index is 9.96. The van der Waals surface area contributed by atoms with Gasteiger partial charge < -0.3 is 0 Å². The summed E-state index contributed by atoms with van der Waals surface area (Å²) >= 11 is 0. The molecule has 0 atom stereocenters. The van der Waals surface area contributed by atoms with Gasteiger partial charge in [-0.1, -0.05) is 0 Å². The van der Waals surface area contributed by atoms with Gasteiger partial charge in [0.15, 0.2) is 0 Å². The molecule has 0 aliphatic rings. The Morgan fingerprint density at radius 3 is 1.10 bits per heavy atom. The summed E-state index contributed by atoms with van der Waals surface area (Å²) in [5.74, 6) is 0. The summed E-state index contributed by atoms with van der Waals surface area (Å²) in [6, 6.07) is 0. The van der Waals surface area contributed by atoms with Gasteiger partial charge in [0.25, 0.3) is 20.4 Å². The van der Waals surface area contributed by atoms with Crippen LogP contribution in [0.2, 0.25) is 0 Å². The van der Waals surface area contributed by atoms with Gasteiger partial charge in [-0.3, -0.25) is 0 Å². The highest BCUT2D eigenvalue weighted by Gasteiger charge is 2.04. The third-order valence-electron chi connectivity index (χ3n) is 0.326. The van der Waals surface area contributed by atoms with E-state index in [4.69, 9.17) is 0 Å². The lowest BCUT2D eigenvalue weighted by Gasteiger charge is -1.99. The Balaban J connectivity index is 4.05. The molecular formula is H6N4O4S2. The molecule has 0 spiro atoms. The first-order valence-electron chi connectivity index (χ1n) is 1.80. The second kappa shape index (κ2) is 2.77. The molecule has 0 saturated heterocycles. The van der Waals surface area contributed by atoms with E-state index in [0.717, 1.165) is 0 Å². The molecule has 0 bridgehead atoms. The van der Waals surface area contributed by atoms with E-state index in [-0.39, 0.29) is 0 Å². The quantitative estimate of drug-likeness (QED) is 0.342. The summed E-state index contributed by atoms with van der Waals surface area (Å²) in [6.45, 7) is 0. The number of rotatable bonds is 3. The Morgan fingerprint density at radius 1 is 0.800 bits per heavy atom. The largest absolute Gasteiger partial charge is 0.288 e. The van der Waals surface area contributed by atoms with Crippen molar-refractivity contribution in [2.45, 2.75) is 0 Å². The monoisotopic (exact) mass is 190 g/mol. The summed E-state index contributed by atoms with van der Waals surface area (Å²) in [5, 5.41) is 8.64. The maximum absolute atomic E-state index is 9.96. The van der Waals surface area contributed by atoms with Crippen molar-refractivity contribution in [3.05, 3.63) is 0 Å². The van der Waals surface area contributed by atoms with Crippen LogP contribution >= 0.6 is 0 Å². The molecule has 0 saturated carbocycles. The number of nitrogens with one attached hydrogen (secondary N) is 2. The Labute approximate surface area is 57.9 Å². The predicted octanol–water partition coefficient (Wildman–Crippen LogP) is -3.51. The average molecular weight is 190 g/mol. The minimum Gasteiger partial charge on any atom is -0.215 e. The lowest BCUT2D eigenvalue weighted by Crippen LogP contribution is -2.47. The van der Waals surface area contributed by atoms with Crippen LogP contribution in [0.1, 0.15) is 0 Å². The fraction of sp³-hybridized carbons (Fsp3) is 0. The maximum Gasteiger partial charge on any atom is 0.288 e. The van der Waals surface area contributed by atoms with E-state index in [9.17, 15) is 16.8 Å². The van der Waals surface area contributed by atoms with E-state index < -0.39 is 20.4 Å². The molecule has 0 radical (unpaired) electrons. The van der Waals surface area contributed by atoms with Crippen LogP contribution in [0.15, 0.2) is 0 Å². The van der Waals surface area contributed by atoms with Gasteiger partial charge in [-0.05, 0) is 0 Å². The fourth-order valence-corrected chi connectivity index (χ4v) is 1.05. The predicted molar refractivity (Wildman–Crippen MR) is 32.5 cm³/mol. The first-order chi connectivity index (χ1) is 4.21. The standard InChI is InChI=1S/H6N4O4S2/c1-9(5,6)3-4-10(2,7)8/h3-4H,(H2,1,5,6)(H2,2,7,8). The molecular weight excluding hydrogens is 184 g/mol. The van der Waals surface area contributed by atoms with Crippen molar-refractivity contribution >= 4 is 20.4 Å². The van der Waals surface area contributed by atoms with Crippen LogP contribution in [-0.4, -0.2) is 16.8 Å². The molecule has 0 unspecified atom stereocenters. The molecule has 0 aromatic carbocycles. The first kappa shape index (κ1) is 9.74. The molecule has 10 heteroatoms. The molecule has 62 valence electrons. The van der Waals surface area contributed by atoms with Crippen LogP contribution in [0.3, 0.4) is 0 Å². The lowest BCUT2D eigenvalue weighted by molar-refractivity contribution is 0.559. The molecule has 0 aliphatic heterocycles. The van der Waals surface area contributed by atoms with E-state index >= 15 is 0 Å². The highest BCUT2D eigenvalue weighted by atomic mass is 32.2. The van der Waals surface area contributed by atoms with Crippen molar-refractivity contribution in [2.24, 2.45) is 10.3 Å². The third-order valence-corrected chi connectivity index (χ3v) is 1.23. The number of hydrogen-bond donors (Lipinski definition) is 4. The minimum atomic E-state index is -4.08. The van der Waals surface area contributed by atoms with Crippen LogP contribution in [0.5, 0.6) is 0 Å². The van der Waals surface area contributed by atoms with Gasteiger partial charge in [0.2, 0.25) is 0 Å². The summed E-state index contributed by atoms with van der Waals surface area (Å²) in [4.78, 5) is 2.50. The Hall–Kier alpha value is -0.260. The minimum absolute atomic E-state index is 1.25. The van der Waals surface area contributed by atoms with Crippen molar-refractivity contribution < 1.29 is 16.8 Å². The van der Waals surface area contributed by atoms with Gasteiger partial charge in [0, 0.05) is 0 Å². The Morgan fingerprint density at radius 2 is 1.00 bits per heavy atom. The van der Waals surface area contributed by atoms with Crippen molar-refractivity contribution in [3.63, 3.8) is 0 Å². The smallest absolute Gasteiger partial charge is 0.215 e. The first-order valence-corrected chi connectivity index (χ1v) is 4.89. The van der Waals surface area contributed by atoms with Gasteiger partial charge in [-0.2, -0.15) is 16.8 Å². The highest BCUT2D eigenvalue weighted by molar-refractivity contribution is 7.90. The molecule has 0 heterocycles. The average Bonchev–Trinajstić information content (AvgIpc) is 1.57. The molecule has 0 aliphatic carbocycles. The molecule has 0 fully saturated rings. The molecule has 8 nitrogen and oxygen atoms in total. The number of hydrazine groups is 1. The van der Waals surface area contributed by atoms with Crippen LogP contribution in [0, 0.1) is 0 Å². The number of hydrogen-bond acceptors (Lipinski definition) is 4. The zero-order valence-corrected chi connectivity index (χ0v) is 6.24. The summed E-state index contributed by atoms with van der Waals surface area (Å²) in [6.07, 6.45) is 0. The van der Waals surface area contributed by atoms with Gasteiger partial charge in [-0.25, -0.2) is 10.3 Å². The van der Waals surface area contributed by atoms with E-state index in [2.05, 4.69) is 10.3 Å². The topological polar surface area (TPSA) is 144 Å².